The molecule has 0 aliphatic heterocycles. The standard InChI is InChI=1S/C17H17F5N4S2/c1-23-27-13-5-8-16(15(9-13)17-10-26(2)11-24-17)25-12-3-6-14(7-4-12)28(18,19,20,21)22/h3-11,23,25H,1-2H3. The summed E-state index contributed by atoms with van der Waals surface area (Å²) in [4.78, 5) is 3.29. The van der Waals surface area contributed by atoms with Crippen molar-refractivity contribution in [3.05, 3.63) is 55.0 Å². The van der Waals surface area contributed by atoms with Gasteiger partial charge in [0.15, 0.2) is 0 Å². The fraction of sp³-hybridized carbons (Fsp3) is 0.118. The van der Waals surface area contributed by atoms with Gasteiger partial charge in [-0.2, -0.15) is 0 Å². The zero-order valence-electron chi connectivity index (χ0n) is 14.8. The highest BCUT2D eigenvalue weighted by Crippen LogP contribution is 3.02. The van der Waals surface area contributed by atoms with E-state index < -0.39 is 15.1 Å². The Morgan fingerprint density at radius 1 is 1.00 bits per heavy atom. The van der Waals surface area contributed by atoms with Gasteiger partial charge in [-0.05, 0) is 61.5 Å². The van der Waals surface area contributed by atoms with Crippen LogP contribution in [0.15, 0.2) is 64.8 Å². The Hall–Kier alpha value is -2.24. The van der Waals surface area contributed by atoms with E-state index in [9.17, 15) is 19.4 Å². The molecule has 0 aliphatic carbocycles. The molecule has 1 heterocycles. The van der Waals surface area contributed by atoms with Crippen LogP contribution in [0.4, 0.5) is 30.8 Å². The van der Waals surface area contributed by atoms with Crippen LogP contribution in [0.2, 0.25) is 0 Å². The van der Waals surface area contributed by atoms with E-state index in [-0.39, 0.29) is 5.69 Å². The molecule has 28 heavy (non-hydrogen) atoms. The topological polar surface area (TPSA) is 41.9 Å². The van der Waals surface area contributed by atoms with Crippen LogP contribution in [-0.2, 0) is 7.05 Å². The van der Waals surface area contributed by atoms with E-state index >= 15 is 0 Å². The highest BCUT2D eigenvalue weighted by Gasteiger charge is 2.65. The Labute approximate surface area is 163 Å². The lowest BCUT2D eigenvalue weighted by Gasteiger charge is -2.40. The molecule has 0 fully saturated rings. The van der Waals surface area contributed by atoms with Gasteiger partial charge in [-0.25, -0.2) is 4.98 Å². The molecule has 0 amide bonds. The summed E-state index contributed by atoms with van der Waals surface area (Å²) in [7, 11) is -6.10. The largest absolute Gasteiger partial charge is 0.355 e. The van der Waals surface area contributed by atoms with Crippen LogP contribution < -0.4 is 10.0 Å². The lowest BCUT2D eigenvalue weighted by Crippen LogP contribution is -2.05. The summed E-state index contributed by atoms with van der Waals surface area (Å²) in [6.45, 7) is 0. The van der Waals surface area contributed by atoms with Crippen LogP contribution in [0, 0.1) is 0 Å². The van der Waals surface area contributed by atoms with Gasteiger partial charge in [-0.15, -0.1) is 0 Å². The number of halogens is 5. The summed E-state index contributed by atoms with van der Waals surface area (Å²) in [5, 5.41) is 2.98. The lowest BCUT2D eigenvalue weighted by atomic mass is 10.1. The van der Waals surface area contributed by atoms with Gasteiger partial charge in [0, 0.05) is 35.1 Å². The smallest absolute Gasteiger partial charge is 0.310 e. The number of rotatable bonds is 6. The molecule has 0 saturated heterocycles. The molecule has 152 valence electrons. The zero-order valence-corrected chi connectivity index (χ0v) is 16.4. The predicted molar refractivity (Wildman–Crippen MR) is 105 cm³/mol. The number of imidazole rings is 1. The minimum absolute atomic E-state index is 0.247. The number of nitrogens with one attached hydrogen (secondary N) is 2. The molecule has 0 saturated carbocycles. The maximum atomic E-state index is 12.9. The fourth-order valence-corrected chi connectivity index (χ4v) is 3.73. The highest BCUT2D eigenvalue weighted by atomic mass is 32.5. The Morgan fingerprint density at radius 2 is 1.68 bits per heavy atom. The average Bonchev–Trinajstić information content (AvgIpc) is 3.01. The van der Waals surface area contributed by atoms with E-state index in [1.807, 2.05) is 19.2 Å². The van der Waals surface area contributed by atoms with Crippen LogP contribution in [0.1, 0.15) is 0 Å². The van der Waals surface area contributed by atoms with Gasteiger partial charge in [0.1, 0.15) is 4.90 Å². The predicted octanol–water partition coefficient (Wildman–Crippen LogP) is 6.71. The second kappa shape index (κ2) is 6.39. The van der Waals surface area contributed by atoms with Crippen LogP contribution >= 0.6 is 22.2 Å². The minimum Gasteiger partial charge on any atom is -0.355 e. The minimum atomic E-state index is -9.69. The Bertz CT molecular complexity index is 1000. The summed E-state index contributed by atoms with van der Waals surface area (Å²) in [6.07, 6.45) is 3.42. The van der Waals surface area contributed by atoms with Crippen molar-refractivity contribution < 1.29 is 19.4 Å². The van der Waals surface area contributed by atoms with Crippen LogP contribution in [0.3, 0.4) is 0 Å². The van der Waals surface area contributed by atoms with Crippen molar-refractivity contribution >= 4 is 33.5 Å². The van der Waals surface area contributed by atoms with Crippen LogP contribution in [0.5, 0.6) is 0 Å². The monoisotopic (exact) mass is 436 g/mol. The molecule has 0 bridgehead atoms. The molecular weight excluding hydrogens is 419 g/mol. The van der Waals surface area contributed by atoms with Crippen LogP contribution in [-0.4, -0.2) is 16.6 Å². The molecule has 3 aromatic rings. The molecule has 0 aliphatic rings. The molecule has 2 N–H and O–H groups in total. The SMILES string of the molecule is CNSc1ccc(Nc2ccc(S(F)(F)(F)(F)F)cc2)c(-c2cn(C)cn2)c1. The van der Waals surface area contributed by atoms with Crippen molar-refractivity contribution in [1.29, 1.82) is 0 Å². The number of anilines is 2. The maximum Gasteiger partial charge on any atom is 0.310 e. The summed E-state index contributed by atoms with van der Waals surface area (Å²) in [5.41, 5.74) is 2.21. The third-order valence-electron chi connectivity index (χ3n) is 3.77. The van der Waals surface area contributed by atoms with Crippen molar-refractivity contribution in [1.82, 2.24) is 14.3 Å². The molecule has 0 radical (unpaired) electrons. The van der Waals surface area contributed by atoms with Gasteiger partial charge in [0.05, 0.1) is 12.0 Å². The molecule has 1 aromatic heterocycles. The number of aromatic nitrogens is 2. The van der Waals surface area contributed by atoms with Crippen molar-refractivity contribution in [2.24, 2.45) is 7.05 Å². The molecule has 0 atom stereocenters. The number of hydrogen-bond donors (Lipinski definition) is 2. The zero-order chi connectivity index (χ0) is 20.6. The lowest BCUT2D eigenvalue weighted by molar-refractivity contribution is 0.364. The van der Waals surface area contributed by atoms with E-state index in [0.717, 1.165) is 22.6 Å². The highest BCUT2D eigenvalue weighted by molar-refractivity contribution is 8.45. The molecule has 0 spiro atoms. The quantitative estimate of drug-likeness (QED) is 0.333. The first-order valence-electron chi connectivity index (χ1n) is 7.93. The van der Waals surface area contributed by atoms with Crippen molar-refractivity contribution in [2.45, 2.75) is 9.79 Å². The van der Waals surface area contributed by atoms with Gasteiger partial charge < -0.3 is 9.88 Å². The van der Waals surface area contributed by atoms with Crippen LogP contribution in [0.25, 0.3) is 11.3 Å². The first-order valence-corrected chi connectivity index (χ1v) is 10.7. The number of hydrogen-bond acceptors (Lipinski definition) is 4. The van der Waals surface area contributed by atoms with Gasteiger partial charge in [-0.1, -0.05) is 19.4 Å². The van der Waals surface area contributed by atoms with Gasteiger partial charge in [-0.3, -0.25) is 4.72 Å². The summed E-state index contributed by atoms with van der Waals surface area (Å²) < 4.78 is 69.1. The molecule has 0 unspecified atom stereocenters. The van der Waals surface area contributed by atoms with Crippen molar-refractivity contribution in [2.75, 3.05) is 12.4 Å². The second-order valence-electron chi connectivity index (χ2n) is 6.06. The molecule has 11 heteroatoms. The van der Waals surface area contributed by atoms with E-state index in [1.54, 1.807) is 30.2 Å². The molecule has 3 rings (SSSR count). The Morgan fingerprint density at radius 3 is 2.21 bits per heavy atom. The van der Waals surface area contributed by atoms with Gasteiger partial charge in [0.25, 0.3) is 0 Å². The van der Waals surface area contributed by atoms with Crippen molar-refractivity contribution in [3.8, 4) is 11.3 Å². The normalized spacial score (nSPS) is 14.4. The Balaban J connectivity index is 1.96. The summed E-state index contributed by atoms with van der Waals surface area (Å²) in [5.74, 6) is 0. The average molecular weight is 436 g/mol. The number of aryl methyl sites for hydroxylation is 1. The molecule has 2 aromatic carbocycles. The molecule has 4 nitrogen and oxygen atoms in total. The second-order valence-corrected chi connectivity index (χ2v) is 9.55. The summed E-state index contributed by atoms with van der Waals surface area (Å²) in [6, 6.07) is 8.17. The summed E-state index contributed by atoms with van der Waals surface area (Å²) >= 11 is 1.39. The van der Waals surface area contributed by atoms with E-state index in [2.05, 4.69) is 15.0 Å². The number of benzene rings is 2. The first-order chi connectivity index (χ1) is 12.9. The number of nitrogens with zero attached hydrogens (tertiary/aromatic N) is 2. The Kier molecular flexibility index (Phi) is 4.68. The third kappa shape index (κ3) is 4.78. The van der Waals surface area contributed by atoms with Gasteiger partial charge >= 0.3 is 10.2 Å². The fourth-order valence-electron chi connectivity index (χ4n) is 2.53. The van der Waals surface area contributed by atoms with Crippen molar-refractivity contribution in [3.63, 3.8) is 0 Å². The van der Waals surface area contributed by atoms with E-state index in [4.69, 9.17) is 0 Å². The van der Waals surface area contributed by atoms with Gasteiger partial charge in [0.2, 0.25) is 0 Å². The maximum absolute atomic E-state index is 12.9. The van der Waals surface area contributed by atoms with E-state index in [1.165, 1.54) is 11.9 Å². The molecular formula is C17H17F5N4S2. The third-order valence-corrected chi connectivity index (χ3v) is 5.63. The first kappa shape index (κ1) is 20.5. The van der Waals surface area contributed by atoms with E-state index in [0.29, 0.717) is 23.5 Å².